The fourth-order valence-electron chi connectivity index (χ4n) is 3.29. The second-order valence-electron chi connectivity index (χ2n) is 7.16. The lowest BCUT2D eigenvalue weighted by molar-refractivity contribution is -0.142. The van der Waals surface area contributed by atoms with E-state index in [-0.39, 0.29) is 10.5 Å². The van der Waals surface area contributed by atoms with Crippen LogP contribution in [0.4, 0.5) is 0 Å². The van der Waals surface area contributed by atoms with Gasteiger partial charge in [-0.2, -0.15) is 11.8 Å². The lowest BCUT2D eigenvalue weighted by Crippen LogP contribution is -2.34. The van der Waals surface area contributed by atoms with Gasteiger partial charge < -0.3 is 10.5 Å². The molecule has 0 bridgehead atoms. The third-order valence-corrected chi connectivity index (χ3v) is 7.72. The first-order valence-electron chi connectivity index (χ1n) is 8.96. The van der Waals surface area contributed by atoms with Gasteiger partial charge in [-0.15, -0.1) is 0 Å². The van der Waals surface area contributed by atoms with E-state index in [9.17, 15) is 13.2 Å². The molecule has 0 radical (unpaired) electrons. The molecule has 7 heteroatoms. The third kappa shape index (κ3) is 6.28. The molecular weight excluding hydrogens is 370 g/mol. The monoisotopic (exact) mass is 399 g/mol. The van der Waals surface area contributed by atoms with Gasteiger partial charge in [-0.25, -0.2) is 8.42 Å². The molecule has 1 aliphatic carbocycles. The van der Waals surface area contributed by atoms with Crippen LogP contribution in [0.15, 0.2) is 24.3 Å². The second kappa shape index (κ2) is 9.24. The number of hydrogen-bond donors (Lipinski definition) is 1. The number of hydrogen-bond acceptors (Lipinski definition) is 6. The summed E-state index contributed by atoms with van der Waals surface area (Å²) in [5.74, 6) is 0.715. The second-order valence-corrected chi connectivity index (χ2v) is 10.9. The molecule has 1 aromatic rings. The smallest absolute Gasteiger partial charge is 0.322 e. The van der Waals surface area contributed by atoms with Gasteiger partial charge >= 0.3 is 5.97 Å². The fraction of sp³-hybridized carbons (Fsp3) is 0.632. The van der Waals surface area contributed by atoms with E-state index in [1.807, 2.05) is 30.0 Å². The summed E-state index contributed by atoms with van der Waals surface area (Å²) in [7, 11) is -1.55. The molecule has 0 aliphatic heterocycles. The summed E-state index contributed by atoms with van der Waals surface area (Å²) in [5.41, 5.74) is 8.18. The summed E-state index contributed by atoms with van der Waals surface area (Å²) in [5, 5.41) is 0. The third-order valence-electron chi connectivity index (χ3n) is 5.01. The summed E-state index contributed by atoms with van der Waals surface area (Å²) >= 11 is 1.92. The van der Waals surface area contributed by atoms with Crippen LogP contribution in [0.2, 0.25) is 0 Å². The topological polar surface area (TPSA) is 86.5 Å². The average Bonchev–Trinajstić information content (AvgIpc) is 2.55. The highest BCUT2D eigenvalue weighted by molar-refractivity contribution is 8.00. The van der Waals surface area contributed by atoms with E-state index in [1.54, 1.807) is 0 Å². The summed E-state index contributed by atoms with van der Waals surface area (Å²) in [6, 6.07) is 7.39. The number of benzene rings is 1. The van der Waals surface area contributed by atoms with Crippen molar-refractivity contribution < 1.29 is 17.9 Å². The Bertz CT molecular complexity index is 714. The van der Waals surface area contributed by atoms with E-state index in [0.717, 1.165) is 37.0 Å². The molecule has 1 aromatic carbocycles. The zero-order valence-corrected chi connectivity index (χ0v) is 17.2. The van der Waals surface area contributed by atoms with Crippen LogP contribution in [0, 0.1) is 0 Å². The maximum absolute atomic E-state index is 11.6. The SMILES string of the molecule is COC(=O)C(N)Cc1ccccc1CSC1(CCCS(C)(=O)=O)CCC1. The molecule has 26 heavy (non-hydrogen) atoms. The van der Waals surface area contributed by atoms with E-state index in [2.05, 4.69) is 6.07 Å². The summed E-state index contributed by atoms with van der Waals surface area (Å²) in [6.07, 6.45) is 6.92. The highest BCUT2D eigenvalue weighted by Gasteiger charge is 2.37. The largest absolute Gasteiger partial charge is 0.468 e. The molecule has 0 aromatic heterocycles. The van der Waals surface area contributed by atoms with Crippen molar-refractivity contribution >= 4 is 27.6 Å². The Balaban J connectivity index is 1.96. The van der Waals surface area contributed by atoms with Crippen molar-refractivity contribution in [3.8, 4) is 0 Å². The normalized spacial score (nSPS) is 17.3. The highest BCUT2D eigenvalue weighted by atomic mass is 32.2. The Labute approximate surface area is 161 Å². The molecule has 1 fully saturated rings. The zero-order valence-electron chi connectivity index (χ0n) is 15.6. The minimum absolute atomic E-state index is 0.197. The number of nitrogens with two attached hydrogens (primary N) is 1. The number of ether oxygens (including phenoxy) is 1. The van der Waals surface area contributed by atoms with Gasteiger partial charge in [0, 0.05) is 22.5 Å². The molecule has 0 spiro atoms. The van der Waals surface area contributed by atoms with Gasteiger partial charge in [0.2, 0.25) is 0 Å². The van der Waals surface area contributed by atoms with Gasteiger partial charge in [0.1, 0.15) is 15.9 Å². The van der Waals surface area contributed by atoms with Gasteiger partial charge in [0.15, 0.2) is 0 Å². The number of rotatable bonds is 10. The summed E-state index contributed by atoms with van der Waals surface area (Å²) < 4.78 is 27.7. The van der Waals surface area contributed by atoms with Crippen LogP contribution in [-0.4, -0.2) is 44.3 Å². The van der Waals surface area contributed by atoms with Crippen molar-refractivity contribution in [1.29, 1.82) is 0 Å². The summed E-state index contributed by atoms with van der Waals surface area (Å²) in [6.45, 7) is 0. The molecular formula is C19H29NO4S2. The van der Waals surface area contributed by atoms with Crippen LogP contribution in [-0.2, 0) is 31.5 Å². The predicted molar refractivity (Wildman–Crippen MR) is 107 cm³/mol. The van der Waals surface area contributed by atoms with Crippen LogP contribution in [0.5, 0.6) is 0 Å². The fourth-order valence-corrected chi connectivity index (χ4v) is 5.57. The lowest BCUT2D eigenvalue weighted by Gasteiger charge is -2.42. The Hall–Kier alpha value is -1.05. The van der Waals surface area contributed by atoms with Crippen LogP contribution < -0.4 is 5.73 Å². The van der Waals surface area contributed by atoms with E-state index >= 15 is 0 Å². The Morgan fingerprint density at radius 2 is 1.96 bits per heavy atom. The quantitative estimate of drug-likeness (QED) is 0.609. The van der Waals surface area contributed by atoms with Crippen LogP contribution in [0.1, 0.15) is 43.2 Å². The maximum atomic E-state index is 11.6. The van der Waals surface area contributed by atoms with Gasteiger partial charge in [-0.3, -0.25) is 4.79 Å². The van der Waals surface area contributed by atoms with E-state index < -0.39 is 21.8 Å². The van der Waals surface area contributed by atoms with Crippen molar-refractivity contribution in [2.24, 2.45) is 5.73 Å². The van der Waals surface area contributed by atoms with Crippen molar-refractivity contribution in [2.45, 2.75) is 55.1 Å². The molecule has 2 rings (SSSR count). The van der Waals surface area contributed by atoms with Crippen LogP contribution in [0.25, 0.3) is 0 Å². The van der Waals surface area contributed by atoms with Gasteiger partial charge in [-0.05, 0) is 43.2 Å². The molecule has 1 saturated carbocycles. The number of methoxy groups -OCH3 is 1. The van der Waals surface area contributed by atoms with Crippen LogP contribution >= 0.6 is 11.8 Å². The minimum Gasteiger partial charge on any atom is -0.468 e. The molecule has 0 heterocycles. The first-order chi connectivity index (χ1) is 12.2. The molecule has 2 N–H and O–H groups in total. The minimum atomic E-state index is -2.90. The van der Waals surface area contributed by atoms with E-state index in [1.165, 1.54) is 25.3 Å². The van der Waals surface area contributed by atoms with Crippen LogP contribution in [0.3, 0.4) is 0 Å². The van der Waals surface area contributed by atoms with Crippen molar-refractivity contribution in [3.63, 3.8) is 0 Å². The first kappa shape index (κ1) is 21.3. The first-order valence-corrected chi connectivity index (χ1v) is 12.0. The molecule has 0 amide bonds. The number of carbonyl (C=O) groups excluding carboxylic acids is 1. The van der Waals surface area contributed by atoms with Crippen molar-refractivity contribution in [3.05, 3.63) is 35.4 Å². The Kier molecular flexibility index (Phi) is 7.55. The molecule has 146 valence electrons. The maximum Gasteiger partial charge on any atom is 0.322 e. The molecule has 1 unspecified atom stereocenters. The highest BCUT2D eigenvalue weighted by Crippen LogP contribution is 2.48. The Morgan fingerprint density at radius 3 is 2.50 bits per heavy atom. The van der Waals surface area contributed by atoms with Crippen molar-refractivity contribution in [2.75, 3.05) is 19.1 Å². The zero-order chi connectivity index (χ0) is 19.2. The molecule has 5 nitrogen and oxygen atoms in total. The molecule has 1 atom stereocenters. The van der Waals surface area contributed by atoms with E-state index in [0.29, 0.717) is 6.42 Å². The number of sulfone groups is 1. The predicted octanol–water partition coefficient (Wildman–Crippen LogP) is 2.71. The number of esters is 1. The van der Waals surface area contributed by atoms with Crippen molar-refractivity contribution in [1.82, 2.24) is 0 Å². The average molecular weight is 400 g/mol. The molecule has 0 saturated heterocycles. The molecule has 1 aliphatic rings. The number of thioether (sulfide) groups is 1. The van der Waals surface area contributed by atoms with Gasteiger partial charge in [-0.1, -0.05) is 30.7 Å². The summed E-state index contributed by atoms with van der Waals surface area (Å²) in [4.78, 5) is 11.6. The standard InChI is InChI=1S/C19H29NO4S2/c1-24-18(21)17(20)13-15-7-3-4-8-16(15)14-25-19(9-5-10-19)11-6-12-26(2,22)23/h3-4,7-8,17H,5-6,9-14,20H2,1-2H3. The van der Waals surface area contributed by atoms with Gasteiger partial charge in [0.25, 0.3) is 0 Å². The number of carbonyl (C=O) groups is 1. The Morgan fingerprint density at radius 1 is 1.31 bits per heavy atom. The van der Waals surface area contributed by atoms with Gasteiger partial charge in [0.05, 0.1) is 7.11 Å². The van der Waals surface area contributed by atoms with E-state index in [4.69, 9.17) is 10.5 Å². The lowest BCUT2D eigenvalue weighted by atomic mass is 9.81.